The van der Waals surface area contributed by atoms with Crippen LogP contribution in [0.1, 0.15) is 142 Å². The molecule has 0 aromatic carbocycles. The van der Waals surface area contributed by atoms with Crippen LogP contribution in [0.25, 0.3) is 0 Å². The van der Waals surface area contributed by atoms with Gasteiger partial charge in [-0.05, 0) is 25.0 Å². The number of unbranched alkanes of at least 4 members (excludes halogenated alkanes) is 16. The summed E-state index contributed by atoms with van der Waals surface area (Å²) in [5.74, 6) is -0.855. The van der Waals surface area contributed by atoms with Crippen molar-refractivity contribution in [3.05, 3.63) is 30.6 Å². The maximum absolute atomic E-state index is 11.6. The van der Waals surface area contributed by atoms with Gasteiger partial charge in [0.15, 0.2) is 0 Å². The van der Waals surface area contributed by atoms with Crippen molar-refractivity contribution in [2.45, 2.75) is 142 Å². The predicted molar refractivity (Wildman–Crippen MR) is 140 cm³/mol. The first-order chi connectivity index (χ1) is 16.7. The second-order valence-corrected chi connectivity index (χ2v) is 9.09. The molecule has 0 saturated carbocycles. The minimum atomic E-state index is -0.427. The van der Waals surface area contributed by atoms with Crippen LogP contribution in [0.4, 0.5) is 0 Å². The van der Waals surface area contributed by atoms with E-state index < -0.39 is 11.9 Å². The molecule has 34 heavy (non-hydrogen) atoms. The second kappa shape index (κ2) is 27.3. The molecular weight excluding hydrogens is 426 g/mol. The van der Waals surface area contributed by atoms with Crippen LogP contribution >= 0.6 is 0 Å². The molecule has 0 N–H and O–H groups in total. The summed E-state index contributed by atoms with van der Waals surface area (Å²) in [4.78, 5) is 36.2. The average Bonchev–Trinajstić information content (AvgIpc) is 2.87. The van der Waals surface area contributed by atoms with Gasteiger partial charge in [-0.2, -0.15) is 0 Å². The van der Waals surface area contributed by atoms with Crippen molar-refractivity contribution in [1.82, 2.24) is 4.98 Å². The Kier molecular flexibility index (Phi) is 25.8. The molecule has 196 valence electrons. The largest absolute Gasteiger partial charge is 0.355 e. The van der Waals surface area contributed by atoms with Crippen LogP contribution in [0.5, 0.6) is 0 Å². The summed E-state index contributed by atoms with van der Waals surface area (Å²) in [7, 11) is 0. The predicted octanol–water partition coefficient (Wildman–Crippen LogP) is 8.91. The lowest BCUT2D eigenvalue weighted by Gasteiger charge is -2.04. The highest BCUT2D eigenvalue weighted by atomic mass is 17.2. The van der Waals surface area contributed by atoms with Crippen molar-refractivity contribution in [3.8, 4) is 0 Å². The van der Waals surface area contributed by atoms with Gasteiger partial charge in [-0.1, -0.05) is 123 Å². The quantitative estimate of drug-likeness (QED) is 0.106. The van der Waals surface area contributed by atoms with E-state index in [2.05, 4.69) is 28.6 Å². The van der Waals surface area contributed by atoms with Crippen molar-refractivity contribution in [1.29, 1.82) is 0 Å². The minimum Gasteiger partial charge on any atom is -0.265 e. The summed E-state index contributed by atoms with van der Waals surface area (Å²) in [6.45, 7) is 4.46. The van der Waals surface area contributed by atoms with Crippen LogP contribution in [0.3, 0.4) is 0 Å². The molecule has 0 saturated heterocycles. The van der Waals surface area contributed by atoms with Gasteiger partial charge in [0, 0.05) is 12.4 Å². The third-order valence-electron chi connectivity index (χ3n) is 5.76. The molecule has 0 amide bonds. The van der Waals surface area contributed by atoms with Crippen molar-refractivity contribution < 1.29 is 19.4 Å². The Labute approximate surface area is 209 Å². The molecule has 1 aromatic heterocycles. The van der Waals surface area contributed by atoms with Crippen LogP contribution < -0.4 is 0 Å². The van der Waals surface area contributed by atoms with Gasteiger partial charge in [0.05, 0.1) is 12.8 Å². The topological polar surface area (TPSA) is 65.5 Å². The van der Waals surface area contributed by atoms with Gasteiger partial charge in [-0.3, -0.25) is 4.98 Å². The molecule has 0 fully saturated rings. The van der Waals surface area contributed by atoms with E-state index in [4.69, 9.17) is 0 Å². The van der Waals surface area contributed by atoms with Gasteiger partial charge < -0.3 is 0 Å². The summed E-state index contributed by atoms with van der Waals surface area (Å²) < 4.78 is 0. The third kappa shape index (κ3) is 26.3. The Balaban J connectivity index is 0.00000156. The highest BCUT2D eigenvalue weighted by Crippen LogP contribution is 2.12. The second-order valence-electron chi connectivity index (χ2n) is 9.09. The summed E-state index contributed by atoms with van der Waals surface area (Å²) in [5.41, 5.74) is 0. The smallest absolute Gasteiger partial charge is 0.265 e. The lowest BCUT2D eigenvalue weighted by Crippen LogP contribution is -2.11. The molecule has 0 unspecified atom stereocenters. The SMILES string of the molecule is CCCCCCCCCCCC(=O)OOC(=O)CCCCCCCCCCC.c1ccncc1. The molecule has 1 rings (SSSR count). The average molecular weight is 478 g/mol. The van der Waals surface area contributed by atoms with Crippen molar-refractivity contribution in [3.63, 3.8) is 0 Å². The van der Waals surface area contributed by atoms with Crippen LogP contribution in [0, 0.1) is 0 Å². The van der Waals surface area contributed by atoms with Gasteiger partial charge in [0.25, 0.3) is 0 Å². The van der Waals surface area contributed by atoms with E-state index in [-0.39, 0.29) is 0 Å². The molecule has 0 aliphatic heterocycles. The van der Waals surface area contributed by atoms with Crippen molar-refractivity contribution >= 4 is 11.9 Å². The molecule has 5 nitrogen and oxygen atoms in total. The van der Waals surface area contributed by atoms with Crippen molar-refractivity contribution in [2.75, 3.05) is 0 Å². The van der Waals surface area contributed by atoms with Gasteiger partial charge in [0.1, 0.15) is 0 Å². The number of aromatic nitrogens is 1. The van der Waals surface area contributed by atoms with Crippen LogP contribution in [-0.4, -0.2) is 16.9 Å². The standard InChI is InChI=1S/C24H46O4.C5H5N/c1-3-5-7-9-11-13-15-17-19-21-23(25)27-28-24(26)22-20-18-16-14-12-10-8-6-4-2;1-2-4-6-5-3-1/h3-22H2,1-2H3;1-5H. The third-order valence-corrected chi connectivity index (χ3v) is 5.76. The summed E-state index contributed by atoms with van der Waals surface area (Å²) in [5, 5.41) is 0. The zero-order chi connectivity index (χ0) is 25.0. The first-order valence-electron chi connectivity index (χ1n) is 14.0. The molecule has 0 bridgehead atoms. The van der Waals surface area contributed by atoms with Gasteiger partial charge in [-0.25, -0.2) is 19.4 Å². The number of pyridine rings is 1. The normalized spacial score (nSPS) is 10.3. The number of nitrogens with zero attached hydrogens (tertiary/aromatic N) is 1. The molecule has 0 aliphatic carbocycles. The molecule has 0 aliphatic rings. The Hall–Kier alpha value is -1.91. The van der Waals surface area contributed by atoms with E-state index in [1.54, 1.807) is 12.4 Å². The zero-order valence-electron chi connectivity index (χ0n) is 22.1. The summed E-state index contributed by atoms with van der Waals surface area (Å²) in [6.07, 6.45) is 25.8. The molecule has 1 aromatic rings. The molecular formula is C29H51NO4. The summed E-state index contributed by atoms with van der Waals surface area (Å²) >= 11 is 0. The van der Waals surface area contributed by atoms with Gasteiger partial charge >= 0.3 is 11.9 Å². The monoisotopic (exact) mass is 477 g/mol. The Bertz CT molecular complexity index is 490. The molecule has 0 atom stereocenters. The van der Waals surface area contributed by atoms with Crippen LogP contribution in [0.2, 0.25) is 0 Å². The van der Waals surface area contributed by atoms with E-state index in [1.807, 2.05) is 18.2 Å². The number of hydrogen-bond donors (Lipinski definition) is 0. The minimum absolute atomic E-state index is 0.334. The van der Waals surface area contributed by atoms with E-state index >= 15 is 0 Å². The van der Waals surface area contributed by atoms with E-state index in [0.29, 0.717) is 12.8 Å². The molecule has 1 heterocycles. The van der Waals surface area contributed by atoms with E-state index in [9.17, 15) is 9.59 Å². The number of rotatable bonds is 20. The first kappa shape index (κ1) is 32.1. The molecule has 0 radical (unpaired) electrons. The highest BCUT2D eigenvalue weighted by Gasteiger charge is 2.09. The van der Waals surface area contributed by atoms with Crippen molar-refractivity contribution in [2.24, 2.45) is 0 Å². The molecule has 5 heteroatoms. The maximum Gasteiger partial charge on any atom is 0.355 e. The Morgan fingerprint density at radius 3 is 1.09 bits per heavy atom. The number of carbonyl (C=O) groups is 2. The zero-order valence-corrected chi connectivity index (χ0v) is 22.1. The fraction of sp³-hybridized carbons (Fsp3) is 0.759. The maximum atomic E-state index is 11.6. The molecule has 0 spiro atoms. The van der Waals surface area contributed by atoms with Gasteiger partial charge in [0.2, 0.25) is 0 Å². The van der Waals surface area contributed by atoms with Gasteiger partial charge in [-0.15, -0.1) is 0 Å². The first-order valence-corrected chi connectivity index (χ1v) is 14.0. The van der Waals surface area contributed by atoms with Crippen LogP contribution in [0.15, 0.2) is 30.6 Å². The van der Waals surface area contributed by atoms with E-state index in [0.717, 1.165) is 38.5 Å². The lowest BCUT2D eigenvalue weighted by molar-refractivity contribution is -0.259. The highest BCUT2D eigenvalue weighted by molar-refractivity contribution is 5.72. The lowest BCUT2D eigenvalue weighted by atomic mass is 10.1. The fourth-order valence-corrected chi connectivity index (χ4v) is 3.65. The number of carbonyl (C=O) groups excluding carboxylic acids is 2. The van der Waals surface area contributed by atoms with Crippen LogP contribution in [-0.2, 0) is 19.4 Å². The Morgan fingerprint density at radius 2 is 0.824 bits per heavy atom. The fourth-order valence-electron chi connectivity index (χ4n) is 3.65. The van der Waals surface area contributed by atoms with E-state index in [1.165, 1.54) is 77.0 Å². The Morgan fingerprint density at radius 1 is 0.500 bits per heavy atom. The summed E-state index contributed by atoms with van der Waals surface area (Å²) in [6, 6.07) is 5.72. The number of hydrogen-bond acceptors (Lipinski definition) is 5.